The van der Waals surface area contributed by atoms with E-state index >= 15 is 0 Å². The summed E-state index contributed by atoms with van der Waals surface area (Å²) in [6.07, 6.45) is 0. The van der Waals surface area contributed by atoms with Crippen molar-refractivity contribution in [2.75, 3.05) is 0 Å². The van der Waals surface area contributed by atoms with Crippen LogP contribution >= 0.6 is 0 Å². The van der Waals surface area contributed by atoms with Gasteiger partial charge in [-0.2, -0.15) is 0 Å². The zero-order chi connectivity index (χ0) is 0. The molecule has 1 radical (unpaired) electrons. The summed E-state index contributed by atoms with van der Waals surface area (Å²) in [6.45, 7) is 0. The Balaban J connectivity index is 0. The van der Waals surface area contributed by atoms with Gasteiger partial charge in [-0.05, 0) is 11.0 Å². The molecule has 0 amide bonds. The molecule has 0 spiro atoms. The minimum Gasteiger partial charge on any atom is -0.0149 e. The van der Waals surface area contributed by atoms with Crippen molar-refractivity contribution in [2.45, 2.75) is 0 Å². The van der Waals surface area contributed by atoms with Crippen molar-refractivity contribution in [3.63, 3.8) is 0 Å². The third-order valence-corrected chi connectivity index (χ3v) is 0. The van der Waals surface area contributed by atoms with Crippen molar-refractivity contribution in [2.24, 2.45) is 0 Å². The quantitative estimate of drug-likeness (QED) is 0.367. The summed E-state index contributed by atoms with van der Waals surface area (Å²) in [5, 5.41) is 0. The maximum absolute atomic E-state index is 0. The van der Waals surface area contributed by atoms with Crippen molar-refractivity contribution in [1.29, 1.82) is 0 Å². The van der Waals surface area contributed by atoms with Crippen molar-refractivity contribution < 1.29 is 87.3 Å². The van der Waals surface area contributed by atoms with Crippen molar-refractivity contribution >= 4 is 28.3 Å². The second-order valence-electron chi connectivity index (χ2n) is 0. The zero-order valence-corrected chi connectivity index (χ0v) is 10.5. The van der Waals surface area contributed by atoms with E-state index in [1.807, 2.05) is 0 Å². The second kappa shape index (κ2) is 38.3. The Kier molecular flexibility index (Phi) is 349. The Labute approximate surface area is 113 Å². The van der Waals surface area contributed by atoms with Gasteiger partial charge in [-0.25, -0.2) is 0 Å². The van der Waals surface area contributed by atoms with Gasteiger partial charge in [-0.1, -0.05) is 0 Å². The molecule has 6 heavy (non-hydrogen) atoms. The maximum atomic E-state index is 0. The Morgan fingerprint density at radius 1 is 1.00 bits per heavy atom. The smallest absolute Gasteiger partial charge is 0.0149 e. The van der Waals surface area contributed by atoms with Crippen molar-refractivity contribution in [3.8, 4) is 0 Å². The molecule has 0 aliphatic rings. The molecule has 0 heterocycles. The van der Waals surface area contributed by atoms with E-state index in [0.717, 1.165) is 0 Å². The maximum Gasteiger partial charge on any atom is 0.187 e. The standard InChI is InChI=1S/Al.Cr.Hf.Nb.H4Si.Ti.3H/h;;;;1H4;;;;. The second-order valence-corrected chi connectivity index (χ2v) is 0. The molecule has 0 atom stereocenters. The van der Waals surface area contributed by atoms with E-state index in [2.05, 4.69) is 0 Å². The normalized spacial score (nSPS) is 0. The van der Waals surface area contributed by atoms with E-state index in [9.17, 15) is 0 Å². The van der Waals surface area contributed by atoms with Crippen LogP contribution in [0, 0.1) is 0 Å². The molecule has 0 saturated heterocycles. The fourth-order valence-electron chi connectivity index (χ4n) is 0. The van der Waals surface area contributed by atoms with Crippen LogP contribution in [-0.4, -0.2) is 28.3 Å². The molecule has 33 valence electrons. The predicted octanol–water partition coefficient (Wildman–Crippen LogP) is -2.65. The zero-order valence-electron chi connectivity index (χ0n) is 1.86. The fraction of sp³-hybridized carbons (Fsp3) is 0. The molecule has 6 heteroatoms. The molecule has 0 unspecified atom stereocenters. The van der Waals surface area contributed by atoms with Gasteiger partial charge >= 0.3 is 0 Å². The van der Waals surface area contributed by atoms with Crippen LogP contribution in [0.3, 0.4) is 0 Å². The average Bonchev–Trinajstić information content (AvgIpc) is 0. The molecular formula is H7AlCrHfNbSiTi. The summed E-state index contributed by atoms with van der Waals surface area (Å²) >= 11 is 0. The monoisotopic (exact) mass is 435 g/mol. The molecule has 0 bridgehead atoms. The van der Waals surface area contributed by atoms with Crippen LogP contribution in [0.25, 0.3) is 0 Å². The third-order valence-electron chi connectivity index (χ3n) is 0. The van der Waals surface area contributed by atoms with E-state index in [1.54, 1.807) is 0 Å². The number of hydrogen-bond donors (Lipinski definition) is 0. The largest absolute Gasteiger partial charge is 0.187 e. The summed E-state index contributed by atoms with van der Waals surface area (Å²) in [5.74, 6) is 0. The Morgan fingerprint density at radius 2 is 1.00 bits per heavy atom. The first-order valence-corrected chi connectivity index (χ1v) is 0. The van der Waals surface area contributed by atoms with Crippen LogP contribution in [0.1, 0.15) is 0 Å². The molecule has 0 aromatic carbocycles. The Hall–Kier alpha value is 3.61. The van der Waals surface area contributed by atoms with E-state index in [0.29, 0.717) is 0 Å². The van der Waals surface area contributed by atoms with Crippen LogP contribution in [0.15, 0.2) is 0 Å². The summed E-state index contributed by atoms with van der Waals surface area (Å²) in [4.78, 5) is 0. The molecular weight excluding hydrogens is 426 g/mol. The molecule has 0 saturated carbocycles. The van der Waals surface area contributed by atoms with Gasteiger partial charge in [0, 0.05) is 87.3 Å². The molecule has 0 rings (SSSR count). The summed E-state index contributed by atoms with van der Waals surface area (Å²) in [5.41, 5.74) is 0. The van der Waals surface area contributed by atoms with Gasteiger partial charge in [0.15, 0.2) is 17.4 Å². The molecule has 0 nitrogen and oxygen atoms in total. The van der Waals surface area contributed by atoms with Gasteiger partial charge in [0.05, 0.1) is 0 Å². The van der Waals surface area contributed by atoms with Crippen molar-refractivity contribution in [1.82, 2.24) is 0 Å². The number of hydrogen-bond acceptors (Lipinski definition) is 0. The first-order valence-electron chi connectivity index (χ1n) is 0. The SMILES string of the molecule is [AlH3].[Cr].[Hf].[Nb].[SiH4].[Ti]. The minimum absolute atomic E-state index is 0. The van der Waals surface area contributed by atoms with E-state index in [4.69, 9.17) is 0 Å². The molecule has 0 N–H and O–H groups in total. The van der Waals surface area contributed by atoms with Crippen LogP contribution in [-0.2, 0) is 87.3 Å². The van der Waals surface area contributed by atoms with Gasteiger partial charge < -0.3 is 0 Å². The predicted molar refractivity (Wildman–Crippen MR) is 21.3 cm³/mol. The molecule has 0 aromatic rings. The van der Waals surface area contributed by atoms with Gasteiger partial charge in [0.25, 0.3) is 0 Å². The first-order chi connectivity index (χ1) is 0. The summed E-state index contributed by atoms with van der Waals surface area (Å²) < 4.78 is 0. The van der Waals surface area contributed by atoms with Gasteiger partial charge in [-0.3, -0.25) is 0 Å². The number of rotatable bonds is 0. The van der Waals surface area contributed by atoms with E-state index in [-0.39, 0.29) is 116 Å². The van der Waals surface area contributed by atoms with Crippen molar-refractivity contribution in [3.05, 3.63) is 0 Å². The molecule has 0 fully saturated rings. The van der Waals surface area contributed by atoms with Gasteiger partial charge in [0.2, 0.25) is 0 Å². The summed E-state index contributed by atoms with van der Waals surface area (Å²) in [7, 11) is 0. The average molecular weight is 433 g/mol. The van der Waals surface area contributed by atoms with Crippen LogP contribution in [0.2, 0.25) is 0 Å². The summed E-state index contributed by atoms with van der Waals surface area (Å²) in [6, 6.07) is 0. The first kappa shape index (κ1) is 54.7. The van der Waals surface area contributed by atoms with Crippen LogP contribution in [0.4, 0.5) is 0 Å². The molecule has 0 aliphatic heterocycles. The van der Waals surface area contributed by atoms with E-state index < -0.39 is 0 Å². The van der Waals surface area contributed by atoms with E-state index in [1.165, 1.54) is 0 Å². The fourth-order valence-corrected chi connectivity index (χ4v) is 0. The minimum atomic E-state index is 0. The topological polar surface area (TPSA) is 0 Å². The van der Waals surface area contributed by atoms with Gasteiger partial charge in [-0.15, -0.1) is 0 Å². The molecule has 0 aliphatic carbocycles. The Bertz CT molecular complexity index is 15.5. The third kappa shape index (κ3) is 25.5. The Morgan fingerprint density at radius 3 is 1.00 bits per heavy atom. The molecule has 0 aromatic heterocycles. The van der Waals surface area contributed by atoms with Crippen LogP contribution < -0.4 is 0 Å². The van der Waals surface area contributed by atoms with Crippen LogP contribution in [0.5, 0.6) is 0 Å². The van der Waals surface area contributed by atoms with Gasteiger partial charge in [0.1, 0.15) is 0 Å².